The minimum atomic E-state index is 0.672. The number of fused-ring (bicyclic) bond motifs is 1. The third-order valence-corrected chi connectivity index (χ3v) is 2.37. The highest BCUT2D eigenvalue weighted by atomic mass is 15.3. The van der Waals surface area contributed by atoms with E-state index in [0.29, 0.717) is 5.92 Å². The van der Waals surface area contributed by atoms with E-state index in [0.717, 1.165) is 18.7 Å². The summed E-state index contributed by atoms with van der Waals surface area (Å²) < 4.78 is 4.22. The summed E-state index contributed by atoms with van der Waals surface area (Å²) in [4.78, 5) is 0. The van der Waals surface area contributed by atoms with E-state index in [1.807, 2.05) is 10.7 Å². The molecule has 0 N–H and O–H groups in total. The maximum atomic E-state index is 4.45. The van der Waals surface area contributed by atoms with E-state index in [4.69, 9.17) is 0 Å². The van der Waals surface area contributed by atoms with E-state index >= 15 is 0 Å². The third-order valence-electron chi connectivity index (χ3n) is 2.37. The lowest BCUT2D eigenvalue weighted by atomic mass is 10.2. The Hall–Kier alpha value is -1.25. The highest BCUT2D eigenvalue weighted by Gasteiger charge is 2.05. The van der Waals surface area contributed by atoms with E-state index in [-0.39, 0.29) is 0 Å². The zero-order chi connectivity index (χ0) is 10.1. The van der Waals surface area contributed by atoms with Crippen LogP contribution >= 0.6 is 0 Å². The van der Waals surface area contributed by atoms with E-state index in [9.17, 15) is 0 Å². The molecule has 3 nitrogen and oxygen atoms in total. The molecule has 0 spiro atoms. The monoisotopic (exact) mass is 191 g/mol. The largest absolute Gasteiger partial charge is 0.331 e. The van der Waals surface area contributed by atoms with Gasteiger partial charge in [0.05, 0.1) is 5.69 Å². The Morgan fingerprint density at radius 2 is 2.14 bits per heavy atom. The first kappa shape index (κ1) is 9.31. The Bertz CT molecular complexity index is 423. The fourth-order valence-electron chi connectivity index (χ4n) is 1.70. The lowest BCUT2D eigenvalue weighted by molar-refractivity contribution is 0.533. The van der Waals surface area contributed by atoms with Crippen molar-refractivity contribution in [2.75, 3.05) is 0 Å². The molecular weight excluding hydrogens is 174 g/mol. The molecule has 0 atom stereocenters. The Kier molecular flexibility index (Phi) is 2.32. The molecule has 0 aliphatic heterocycles. The maximum Gasteiger partial charge on any atom is 0.136 e. The SMILES string of the molecule is CCc1cc2n(CC(C)C)ccn2n1. The summed E-state index contributed by atoms with van der Waals surface area (Å²) in [6.45, 7) is 7.65. The molecule has 0 unspecified atom stereocenters. The van der Waals surface area contributed by atoms with Crippen molar-refractivity contribution in [3.05, 3.63) is 24.2 Å². The first-order valence-corrected chi connectivity index (χ1v) is 5.24. The first-order chi connectivity index (χ1) is 6.70. The van der Waals surface area contributed by atoms with Crippen molar-refractivity contribution in [3.63, 3.8) is 0 Å². The minimum Gasteiger partial charge on any atom is -0.331 e. The van der Waals surface area contributed by atoms with Crippen LogP contribution in [-0.4, -0.2) is 14.2 Å². The molecule has 0 saturated heterocycles. The molecule has 76 valence electrons. The van der Waals surface area contributed by atoms with E-state index in [1.54, 1.807) is 0 Å². The zero-order valence-electron chi connectivity index (χ0n) is 9.07. The van der Waals surface area contributed by atoms with Crippen molar-refractivity contribution in [2.45, 2.75) is 33.7 Å². The molecule has 2 aromatic rings. The standard InChI is InChI=1S/C11H17N3/c1-4-10-7-11-13(8-9(2)3)5-6-14(11)12-10/h5-7,9H,4,8H2,1-3H3. The number of hydrogen-bond acceptors (Lipinski definition) is 1. The van der Waals surface area contributed by atoms with Gasteiger partial charge in [-0.05, 0) is 12.3 Å². The topological polar surface area (TPSA) is 22.2 Å². The van der Waals surface area contributed by atoms with Gasteiger partial charge >= 0.3 is 0 Å². The minimum absolute atomic E-state index is 0.672. The molecule has 3 heteroatoms. The van der Waals surface area contributed by atoms with Crippen LogP contribution in [0.25, 0.3) is 5.65 Å². The van der Waals surface area contributed by atoms with Crippen molar-refractivity contribution in [3.8, 4) is 0 Å². The van der Waals surface area contributed by atoms with Gasteiger partial charge in [-0.3, -0.25) is 0 Å². The summed E-state index contributed by atoms with van der Waals surface area (Å²) in [5.74, 6) is 0.672. The molecule has 0 aliphatic carbocycles. The molecule has 0 aliphatic rings. The van der Waals surface area contributed by atoms with E-state index < -0.39 is 0 Å². The Morgan fingerprint density at radius 3 is 2.79 bits per heavy atom. The van der Waals surface area contributed by atoms with Crippen LogP contribution in [-0.2, 0) is 13.0 Å². The molecule has 0 fully saturated rings. The molecule has 2 aromatic heterocycles. The molecule has 0 radical (unpaired) electrons. The molecule has 0 amide bonds. The van der Waals surface area contributed by atoms with Gasteiger partial charge < -0.3 is 4.57 Å². The summed E-state index contributed by atoms with van der Waals surface area (Å²) in [7, 11) is 0. The number of aromatic nitrogens is 3. The zero-order valence-corrected chi connectivity index (χ0v) is 9.07. The Labute approximate surface area is 84.3 Å². The predicted molar refractivity (Wildman–Crippen MR) is 57.4 cm³/mol. The molecular formula is C11H17N3. The summed E-state index contributed by atoms with van der Waals surface area (Å²) >= 11 is 0. The van der Waals surface area contributed by atoms with Gasteiger partial charge in [-0.15, -0.1) is 0 Å². The Balaban J connectivity index is 2.40. The first-order valence-electron chi connectivity index (χ1n) is 5.24. The predicted octanol–water partition coefficient (Wildman–Crippen LogP) is 2.35. The van der Waals surface area contributed by atoms with Gasteiger partial charge in [0, 0.05) is 25.0 Å². The fraction of sp³-hybridized carbons (Fsp3) is 0.545. The van der Waals surface area contributed by atoms with Gasteiger partial charge in [0.25, 0.3) is 0 Å². The van der Waals surface area contributed by atoms with Gasteiger partial charge in [-0.2, -0.15) is 5.10 Å². The van der Waals surface area contributed by atoms with Gasteiger partial charge in [0.15, 0.2) is 0 Å². The maximum absolute atomic E-state index is 4.45. The molecule has 2 heterocycles. The molecule has 0 saturated carbocycles. The van der Waals surface area contributed by atoms with Crippen LogP contribution in [0.2, 0.25) is 0 Å². The van der Waals surface area contributed by atoms with E-state index in [1.165, 1.54) is 5.65 Å². The number of nitrogens with zero attached hydrogens (tertiary/aromatic N) is 3. The highest BCUT2D eigenvalue weighted by molar-refractivity contribution is 5.41. The van der Waals surface area contributed by atoms with Crippen molar-refractivity contribution >= 4 is 5.65 Å². The van der Waals surface area contributed by atoms with Crippen molar-refractivity contribution < 1.29 is 0 Å². The number of imidazole rings is 1. The average Bonchev–Trinajstić information content (AvgIpc) is 2.66. The summed E-state index contributed by atoms with van der Waals surface area (Å²) in [5, 5.41) is 4.45. The second kappa shape index (κ2) is 3.48. The second-order valence-corrected chi connectivity index (χ2v) is 4.14. The average molecular weight is 191 g/mol. The quantitative estimate of drug-likeness (QED) is 0.730. The van der Waals surface area contributed by atoms with Crippen LogP contribution in [0.15, 0.2) is 18.5 Å². The van der Waals surface area contributed by atoms with Crippen LogP contribution in [0.3, 0.4) is 0 Å². The van der Waals surface area contributed by atoms with Gasteiger partial charge in [-0.1, -0.05) is 20.8 Å². The number of rotatable bonds is 3. The number of hydrogen-bond donors (Lipinski definition) is 0. The van der Waals surface area contributed by atoms with Crippen LogP contribution in [0.4, 0.5) is 0 Å². The molecule has 0 aromatic carbocycles. The van der Waals surface area contributed by atoms with Crippen LogP contribution in [0.1, 0.15) is 26.5 Å². The lowest BCUT2D eigenvalue weighted by Crippen LogP contribution is -2.02. The van der Waals surface area contributed by atoms with Crippen molar-refractivity contribution in [2.24, 2.45) is 5.92 Å². The van der Waals surface area contributed by atoms with Crippen LogP contribution in [0.5, 0.6) is 0 Å². The second-order valence-electron chi connectivity index (χ2n) is 4.14. The summed E-state index contributed by atoms with van der Waals surface area (Å²) in [6.07, 6.45) is 5.13. The molecule has 2 rings (SSSR count). The van der Waals surface area contributed by atoms with Crippen molar-refractivity contribution in [1.82, 2.24) is 14.2 Å². The molecule has 14 heavy (non-hydrogen) atoms. The van der Waals surface area contributed by atoms with Gasteiger partial charge in [-0.25, -0.2) is 4.52 Å². The smallest absolute Gasteiger partial charge is 0.136 e. The third kappa shape index (κ3) is 1.54. The lowest BCUT2D eigenvalue weighted by Gasteiger charge is -2.05. The van der Waals surface area contributed by atoms with Crippen LogP contribution in [0, 0.1) is 5.92 Å². The van der Waals surface area contributed by atoms with E-state index in [2.05, 4.69) is 42.7 Å². The molecule has 0 bridgehead atoms. The normalized spacial score (nSPS) is 11.7. The number of aryl methyl sites for hydroxylation is 1. The Morgan fingerprint density at radius 1 is 1.36 bits per heavy atom. The summed E-state index contributed by atoms with van der Waals surface area (Å²) in [6, 6.07) is 2.17. The van der Waals surface area contributed by atoms with Gasteiger partial charge in [0.1, 0.15) is 5.65 Å². The van der Waals surface area contributed by atoms with Gasteiger partial charge in [0.2, 0.25) is 0 Å². The fourth-order valence-corrected chi connectivity index (χ4v) is 1.70. The van der Waals surface area contributed by atoms with Crippen LogP contribution < -0.4 is 0 Å². The highest BCUT2D eigenvalue weighted by Crippen LogP contribution is 2.10. The van der Waals surface area contributed by atoms with Crippen molar-refractivity contribution in [1.29, 1.82) is 0 Å². The summed E-state index contributed by atoms with van der Waals surface area (Å²) in [5.41, 5.74) is 2.37.